The largest absolute Gasteiger partial charge is 0.305 e. The van der Waals surface area contributed by atoms with Crippen LogP contribution in [0.25, 0.3) is 10.9 Å². The Morgan fingerprint density at radius 2 is 2.03 bits per heavy atom. The Balaban J connectivity index is 1.47. The first-order valence-electron chi connectivity index (χ1n) is 9.58. The number of thioether (sulfide) groups is 1. The second kappa shape index (κ2) is 7.74. The van der Waals surface area contributed by atoms with E-state index in [-0.39, 0.29) is 11.2 Å². The summed E-state index contributed by atoms with van der Waals surface area (Å²) in [7, 11) is 0. The standard InChI is InChI=1S/C22H18ClN5OS/c1-14(30-21-8-9-24-19-10-16(23)6-7-18(19)21)22(29)27-13-17-11-25-26-28(17)12-15-4-2-3-5-20(15)27/h2-11,14H,12-13H2,1H3. The van der Waals surface area contributed by atoms with E-state index in [1.165, 1.54) is 11.8 Å². The van der Waals surface area contributed by atoms with Crippen LogP contribution in [0.4, 0.5) is 5.69 Å². The first-order chi connectivity index (χ1) is 14.6. The van der Waals surface area contributed by atoms with Crippen LogP contribution in [-0.4, -0.2) is 31.1 Å². The highest BCUT2D eigenvalue weighted by molar-refractivity contribution is 8.00. The van der Waals surface area contributed by atoms with Crippen LogP contribution in [0, 0.1) is 0 Å². The lowest BCUT2D eigenvalue weighted by molar-refractivity contribution is -0.118. The molecule has 8 heteroatoms. The van der Waals surface area contributed by atoms with Gasteiger partial charge in [-0.15, -0.1) is 16.9 Å². The lowest BCUT2D eigenvalue weighted by Crippen LogP contribution is -2.36. The molecule has 0 N–H and O–H groups in total. The van der Waals surface area contributed by atoms with Crippen LogP contribution in [-0.2, 0) is 17.9 Å². The Bertz CT molecular complexity index is 1260. The van der Waals surface area contributed by atoms with E-state index in [2.05, 4.69) is 15.3 Å². The molecule has 1 aliphatic heterocycles. The topological polar surface area (TPSA) is 63.9 Å². The summed E-state index contributed by atoms with van der Waals surface area (Å²) >= 11 is 7.64. The molecule has 4 aromatic rings. The van der Waals surface area contributed by atoms with Crippen molar-refractivity contribution in [3.8, 4) is 0 Å². The van der Waals surface area contributed by atoms with Gasteiger partial charge in [-0.3, -0.25) is 9.78 Å². The number of fused-ring (bicyclic) bond motifs is 3. The average molecular weight is 436 g/mol. The molecule has 5 rings (SSSR count). The van der Waals surface area contributed by atoms with Crippen LogP contribution in [0.2, 0.25) is 5.02 Å². The number of nitrogens with zero attached hydrogens (tertiary/aromatic N) is 5. The predicted molar refractivity (Wildman–Crippen MR) is 119 cm³/mol. The molecule has 2 aromatic heterocycles. The van der Waals surface area contributed by atoms with Gasteiger partial charge in [0.05, 0.1) is 35.7 Å². The monoisotopic (exact) mass is 435 g/mol. The van der Waals surface area contributed by atoms with Crippen molar-refractivity contribution in [2.24, 2.45) is 0 Å². The summed E-state index contributed by atoms with van der Waals surface area (Å²) in [4.78, 5) is 20.8. The van der Waals surface area contributed by atoms with Crippen LogP contribution >= 0.6 is 23.4 Å². The van der Waals surface area contributed by atoms with Crippen LogP contribution in [0.1, 0.15) is 18.2 Å². The van der Waals surface area contributed by atoms with Gasteiger partial charge in [0.25, 0.3) is 0 Å². The van der Waals surface area contributed by atoms with Gasteiger partial charge in [-0.05, 0) is 36.8 Å². The number of hydrogen-bond donors (Lipinski definition) is 0. The third-order valence-electron chi connectivity index (χ3n) is 5.20. The second-order valence-corrected chi connectivity index (χ2v) is 8.99. The number of rotatable bonds is 3. The summed E-state index contributed by atoms with van der Waals surface area (Å²) in [6.07, 6.45) is 3.48. The van der Waals surface area contributed by atoms with E-state index < -0.39 is 0 Å². The van der Waals surface area contributed by atoms with Crippen molar-refractivity contribution >= 4 is 45.9 Å². The van der Waals surface area contributed by atoms with E-state index in [1.807, 2.05) is 65.0 Å². The Kier molecular flexibility index (Phi) is 4.92. The van der Waals surface area contributed by atoms with Crippen molar-refractivity contribution in [1.29, 1.82) is 0 Å². The van der Waals surface area contributed by atoms with Crippen molar-refractivity contribution in [3.05, 3.63) is 77.2 Å². The third-order valence-corrected chi connectivity index (χ3v) is 6.60. The van der Waals surface area contributed by atoms with Crippen LogP contribution in [0.3, 0.4) is 0 Å². The van der Waals surface area contributed by atoms with Gasteiger partial charge >= 0.3 is 0 Å². The molecule has 0 saturated heterocycles. The zero-order valence-corrected chi connectivity index (χ0v) is 17.8. The highest BCUT2D eigenvalue weighted by Crippen LogP contribution is 2.34. The molecule has 30 heavy (non-hydrogen) atoms. The number of carbonyl (C=O) groups excluding carboxylic acids is 1. The van der Waals surface area contributed by atoms with Gasteiger partial charge in [-0.2, -0.15) is 0 Å². The number of pyridine rings is 1. The zero-order chi connectivity index (χ0) is 20.7. The minimum absolute atomic E-state index is 0.0426. The van der Waals surface area contributed by atoms with Crippen LogP contribution in [0.5, 0.6) is 0 Å². The number of halogens is 1. The maximum atomic E-state index is 13.6. The smallest absolute Gasteiger partial charge is 0.240 e. The summed E-state index contributed by atoms with van der Waals surface area (Å²) in [5.41, 5.74) is 3.71. The van der Waals surface area contributed by atoms with Crippen molar-refractivity contribution < 1.29 is 4.79 Å². The molecular weight excluding hydrogens is 418 g/mol. The van der Waals surface area contributed by atoms with Crippen molar-refractivity contribution in [1.82, 2.24) is 20.0 Å². The molecule has 1 aliphatic rings. The van der Waals surface area contributed by atoms with Gasteiger partial charge in [0.2, 0.25) is 5.91 Å². The number of anilines is 1. The van der Waals surface area contributed by atoms with E-state index in [9.17, 15) is 4.79 Å². The van der Waals surface area contributed by atoms with E-state index in [1.54, 1.807) is 12.4 Å². The van der Waals surface area contributed by atoms with E-state index >= 15 is 0 Å². The zero-order valence-electron chi connectivity index (χ0n) is 16.2. The summed E-state index contributed by atoms with van der Waals surface area (Å²) in [5, 5.41) is 9.53. The van der Waals surface area contributed by atoms with Gasteiger partial charge in [-0.25, -0.2) is 4.68 Å². The Morgan fingerprint density at radius 3 is 2.93 bits per heavy atom. The lowest BCUT2D eigenvalue weighted by atomic mass is 10.1. The van der Waals surface area contributed by atoms with E-state index in [0.29, 0.717) is 18.1 Å². The summed E-state index contributed by atoms with van der Waals surface area (Å²) in [6, 6.07) is 15.6. The molecular formula is C22H18ClN5OS. The quantitative estimate of drug-likeness (QED) is 0.441. The van der Waals surface area contributed by atoms with E-state index in [4.69, 9.17) is 11.6 Å². The molecule has 1 unspecified atom stereocenters. The Morgan fingerprint density at radius 1 is 1.17 bits per heavy atom. The molecule has 0 aliphatic carbocycles. The molecule has 0 spiro atoms. The molecule has 1 amide bonds. The first kappa shape index (κ1) is 19.1. The summed E-state index contributed by atoms with van der Waals surface area (Å²) in [6.45, 7) is 2.99. The van der Waals surface area contributed by atoms with Crippen LogP contribution in [0.15, 0.2) is 65.8 Å². The van der Waals surface area contributed by atoms with Crippen molar-refractivity contribution in [2.75, 3.05) is 4.90 Å². The minimum atomic E-state index is -0.290. The molecule has 3 heterocycles. The number of carbonyl (C=O) groups is 1. The van der Waals surface area contributed by atoms with Gasteiger partial charge in [-0.1, -0.05) is 41.1 Å². The predicted octanol–water partition coefficient (Wildman–Crippen LogP) is 4.56. The summed E-state index contributed by atoms with van der Waals surface area (Å²) in [5.74, 6) is 0.0426. The SMILES string of the molecule is CC(Sc1ccnc2cc(Cl)ccc12)C(=O)N1Cc2cnnn2Cc2ccccc21. The average Bonchev–Trinajstić information content (AvgIpc) is 3.12. The van der Waals surface area contributed by atoms with Gasteiger partial charge in [0, 0.05) is 27.2 Å². The Labute approximate surface area is 182 Å². The van der Waals surface area contributed by atoms with Crippen molar-refractivity contribution in [3.63, 3.8) is 0 Å². The fourth-order valence-electron chi connectivity index (χ4n) is 3.71. The van der Waals surface area contributed by atoms with Crippen molar-refractivity contribution in [2.45, 2.75) is 30.2 Å². The minimum Gasteiger partial charge on any atom is -0.305 e. The fourth-order valence-corrected chi connectivity index (χ4v) is 4.92. The highest BCUT2D eigenvalue weighted by atomic mass is 35.5. The van der Waals surface area contributed by atoms with Crippen LogP contribution < -0.4 is 4.90 Å². The number of amides is 1. The fraction of sp³-hybridized carbons (Fsp3) is 0.182. The lowest BCUT2D eigenvalue weighted by Gasteiger charge is -2.25. The number of hydrogen-bond acceptors (Lipinski definition) is 5. The molecule has 150 valence electrons. The summed E-state index contributed by atoms with van der Waals surface area (Å²) < 4.78 is 1.85. The maximum absolute atomic E-state index is 13.6. The molecule has 0 fully saturated rings. The first-order valence-corrected chi connectivity index (χ1v) is 10.8. The molecule has 6 nitrogen and oxygen atoms in total. The molecule has 0 bridgehead atoms. The third kappa shape index (κ3) is 3.44. The molecule has 0 saturated carbocycles. The second-order valence-electron chi connectivity index (χ2n) is 7.17. The van der Waals surface area contributed by atoms with Gasteiger partial charge < -0.3 is 4.90 Å². The highest BCUT2D eigenvalue weighted by Gasteiger charge is 2.28. The van der Waals surface area contributed by atoms with Gasteiger partial charge in [0.15, 0.2) is 0 Å². The maximum Gasteiger partial charge on any atom is 0.240 e. The molecule has 0 radical (unpaired) electrons. The number of para-hydroxylation sites is 1. The van der Waals surface area contributed by atoms with Gasteiger partial charge in [0.1, 0.15) is 0 Å². The molecule has 2 aromatic carbocycles. The van der Waals surface area contributed by atoms with E-state index in [0.717, 1.165) is 32.7 Å². The Hall–Kier alpha value is -2.90. The molecule has 1 atom stereocenters. The number of benzene rings is 2. The normalized spacial score (nSPS) is 14.1. The number of aromatic nitrogens is 4.